The number of fused-ring (bicyclic) bond motifs is 3. The lowest BCUT2D eigenvalue weighted by molar-refractivity contribution is -0.133. The second-order valence-electron chi connectivity index (χ2n) is 8.10. The standard InChI is InChI=1S/C24H24N4O3/c1-17-5-4-6-18(13-17)14-26-9-11-27(12-10-26)21(29)15-28-16-25-22-19-7-2-3-8-20(19)31-23(22)24(28)30/h2-8,13,16H,9-12,14-15H2,1H3. The first-order chi connectivity index (χ1) is 15.1. The average molecular weight is 416 g/mol. The van der Waals surface area contributed by atoms with Gasteiger partial charge in [-0.25, -0.2) is 4.98 Å². The van der Waals surface area contributed by atoms with Crippen molar-refractivity contribution in [2.45, 2.75) is 20.0 Å². The second-order valence-corrected chi connectivity index (χ2v) is 8.10. The minimum atomic E-state index is -0.326. The van der Waals surface area contributed by atoms with E-state index in [9.17, 15) is 9.59 Å². The van der Waals surface area contributed by atoms with E-state index >= 15 is 0 Å². The Balaban J connectivity index is 1.25. The van der Waals surface area contributed by atoms with Gasteiger partial charge < -0.3 is 9.32 Å². The van der Waals surface area contributed by atoms with E-state index in [2.05, 4.69) is 41.1 Å². The van der Waals surface area contributed by atoms with E-state index in [1.807, 2.05) is 29.2 Å². The summed E-state index contributed by atoms with van der Waals surface area (Å²) < 4.78 is 7.04. The van der Waals surface area contributed by atoms with Crippen LogP contribution in [0.3, 0.4) is 0 Å². The molecular weight excluding hydrogens is 392 g/mol. The summed E-state index contributed by atoms with van der Waals surface area (Å²) in [6, 6.07) is 15.9. The third-order valence-corrected chi connectivity index (χ3v) is 5.87. The fraction of sp³-hybridized carbons (Fsp3) is 0.292. The molecule has 0 saturated carbocycles. The van der Waals surface area contributed by atoms with Crippen LogP contribution in [0.15, 0.2) is 64.1 Å². The van der Waals surface area contributed by atoms with Crippen molar-refractivity contribution in [1.29, 1.82) is 0 Å². The number of benzene rings is 2. The third-order valence-electron chi connectivity index (χ3n) is 5.87. The molecule has 5 rings (SSSR count). The molecule has 4 aromatic rings. The number of furan rings is 1. The summed E-state index contributed by atoms with van der Waals surface area (Å²) in [5.41, 5.74) is 3.57. The average Bonchev–Trinajstić information content (AvgIpc) is 3.16. The van der Waals surface area contributed by atoms with Crippen molar-refractivity contribution >= 4 is 28.0 Å². The molecule has 0 aliphatic carbocycles. The molecule has 0 bridgehead atoms. The summed E-state index contributed by atoms with van der Waals surface area (Å²) in [5, 5.41) is 0.804. The molecule has 2 aromatic carbocycles. The Bertz CT molecular complexity index is 1320. The van der Waals surface area contributed by atoms with Gasteiger partial charge in [-0.2, -0.15) is 0 Å². The van der Waals surface area contributed by atoms with E-state index in [4.69, 9.17) is 4.42 Å². The monoisotopic (exact) mass is 416 g/mol. The lowest BCUT2D eigenvalue weighted by Gasteiger charge is -2.34. The van der Waals surface area contributed by atoms with E-state index in [0.29, 0.717) is 24.2 Å². The van der Waals surface area contributed by atoms with Crippen molar-refractivity contribution in [1.82, 2.24) is 19.4 Å². The van der Waals surface area contributed by atoms with E-state index in [-0.39, 0.29) is 23.6 Å². The Hall–Kier alpha value is -3.45. The van der Waals surface area contributed by atoms with Crippen LogP contribution in [-0.2, 0) is 17.9 Å². The molecule has 2 aromatic heterocycles. The molecule has 0 atom stereocenters. The number of hydrogen-bond donors (Lipinski definition) is 0. The number of piperazine rings is 1. The van der Waals surface area contributed by atoms with E-state index in [1.54, 1.807) is 0 Å². The molecule has 3 heterocycles. The zero-order chi connectivity index (χ0) is 21.4. The van der Waals surface area contributed by atoms with Crippen LogP contribution in [0.5, 0.6) is 0 Å². The maximum absolute atomic E-state index is 12.8. The highest BCUT2D eigenvalue weighted by atomic mass is 16.3. The molecule has 7 nitrogen and oxygen atoms in total. The molecule has 0 N–H and O–H groups in total. The van der Waals surface area contributed by atoms with Gasteiger partial charge in [-0.1, -0.05) is 42.0 Å². The van der Waals surface area contributed by atoms with Crippen LogP contribution < -0.4 is 5.56 Å². The van der Waals surface area contributed by atoms with Gasteiger partial charge in [0.1, 0.15) is 17.6 Å². The molecular formula is C24H24N4O3. The number of aromatic nitrogens is 2. The van der Waals surface area contributed by atoms with Gasteiger partial charge in [-0.05, 0) is 24.6 Å². The Morgan fingerprint density at radius 3 is 2.68 bits per heavy atom. The molecule has 1 fully saturated rings. The van der Waals surface area contributed by atoms with Gasteiger partial charge in [0.15, 0.2) is 0 Å². The number of para-hydroxylation sites is 1. The van der Waals surface area contributed by atoms with Gasteiger partial charge >= 0.3 is 0 Å². The normalized spacial score (nSPS) is 15.1. The zero-order valence-corrected chi connectivity index (χ0v) is 17.5. The van der Waals surface area contributed by atoms with Crippen LogP contribution in [-0.4, -0.2) is 51.4 Å². The minimum absolute atomic E-state index is 0.0311. The summed E-state index contributed by atoms with van der Waals surface area (Å²) >= 11 is 0. The topological polar surface area (TPSA) is 71.6 Å². The number of nitrogens with zero attached hydrogens (tertiary/aromatic N) is 4. The van der Waals surface area contributed by atoms with Gasteiger partial charge in [0.05, 0.1) is 6.33 Å². The van der Waals surface area contributed by atoms with Gasteiger partial charge in [0.25, 0.3) is 5.56 Å². The summed E-state index contributed by atoms with van der Waals surface area (Å²) in [6.07, 6.45) is 1.44. The third kappa shape index (κ3) is 3.84. The molecule has 0 radical (unpaired) electrons. The smallest absolute Gasteiger partial charge is 0.297 e. The molecule has 7 heteroatoms. The quantitative estimate of drug-likeness (QED) is 0.512. The highest BCUT2D eigenvalue weighted by molar-refractivity contribution is 6.01. The van der Waals surface area contributed by atoms with E-state index < -0.39 is 0 Å². The number of aryl methyl sites for hydroxylation is 1. The number of carbonyl (C=O) groups excluding carboxylic acids is 1. The Morgan fingerprint density at radius 2 is 1.87 bits per heavy atom. The van der Waals surface area contributed by atoms with Crippen molar-refractivity contribution < 1.29 is 9.21 Å². The van der Waals surface area contributed by atoms with Gasteiger partial charge in [0.2, 0.25) is 11.5 Å². The Labute approximate surface area is 179 Å². The van der Waals surface area contributed by atoms with Gasteiger partial charge in [0, 0.05) is 38.1 Å². The molecule has 0 unspecified atom stereocenters. The fourth-order valence-corrected chi connectivity index (χ4v) is 4.20. The minimum Gasteiger partial charge on any atom is -0.448 e. The number of hydrogen-bond acceptors (Lipinski definition) is 5. The maximum atomic E-state index is 12.8. The van der Waals surface area contributed by atoms with E-state index in [0.717, 1.165) is 25.0 Å². The van der Waals surface area contributed by atoms with Gasteiger partial charge in [-0.3, -0.25) is 19.1 Å². The first kappa shape index (κ1) is 19.5. The van der Waals surface area contributed by atoms with Crippen molar-refractivity contribution in [3.63, 3.8) is 0 Å². The van der Waals surface area contributed by atoms with Crippen molar-refractivity contribution in [3.05, 3.63) is 76.3 Å². The number of carbonyl (C=O) groups is 1. The molecule has 1 aliphatic heterocycles. The lowest BCUT2D eigenvalue weighted by atomic mass is 10.1. The van der Waals surface area contributed by atoms with Crippen LogP contribution in [0.25, 0.3) is 22.1 Å². The molecule has 158 valence electrons. The van der Waals surface area contributed by atoms with E-state index in [1.165, 1.54) is 22.0 Å². The molecule has 1 saturated heterocycles. The predicted octanol–water partition coefficient (Wildman–Crippen LogP) is 2.80. The molecule has 1 aliphatic rings. The fourth-order valence-electron chi connectivity index (χ4n) is 4.20. The summed E-state index contributed by atoms with van der Waals surface area (Å²) in [6.45, 7) is 5.89. The second kappa shape index (κ2) is 8.00. The first-order valence-corrected chi connectivity index (χ1v) is 10.5. The maximum Gasteiger partial charge on any atom is 0.297 e. The summed E-state index contributed by atoms with van der Waals surface area (Å²) in [7, 11) is 0. The summed E-state index contributed by atoms with van der Waals surface area (Å²) in [5.74, 6) is -0.0745. The van der Waals surface area contributed by atoms with Crippen LogP contribution in [0.4, 0.5) is 0 Å². The molecule has 1 amide bonds. The molecule has 0 spiro atoms. The Morgan fingerprint density at radius 1 is 1.06 bits per heavy atom. The van der Waals surface area contributed by atoms with Crippen LogP contribution in [0.2, 0.25) is 0 Å². The van der Waals surface area contributed by atoms with Crippen LogP contribution in [0, 0.1) is 6.92 Å². The number of amides is 1. The van der Waals surface area contributed by atoms with Crippen LogP contribution >= 0.6 is 0 Å². The predicted molar refractivity (Wildman–Crippen MR) is 119 cm³/mol. The highest BCUT2D eigenvalue weighted by Crippen LogP contribution is 2.24. The highest BCUT2D eigenvalue weighted by Gasteiger charge is 2.22. The van der Waals surface area contributed by atoms with Gasteiger partial charge in [-0.15, -0.1) is 0 Å². The molecule has 31 heavy (non-hydrogen) atoms. The van der Waals surface area contributed by atoms with Crippen molar-refractivity contribution in [2.24, 2.45) is 0 Å². The Kier molecular flexibility index (Phi) is 5.03. The first-order valence-electron chi connectivity index (χ1n) is 10.5. The van der Waals surface area contributed by atoms with Crippen LogP contribution in [0.1, 0.15) is 11.1 Å². The zero-order valence-electron chi connectivity index (χ0n) is 17.5. The van der Waals surface area contributed by atoms with Crippen molar-refractivity contribution in [2.75, 3.05) is 26.2 Å². The summed E-state index contributed by atoms with van der Waals surface area (Å²) in [4.78, 5) is 34.2. The van der Waals surface area contributed by atoms with Crippen molar-refractivity contribution in [3.8, 4) is 0 Å². The lowest BCUT2D eigenvalue weighted by Crippen LogP contribution is -2.49. The largest absolute Gasteiger partial charge is 0.448 e. The SMILES string of the molecule is Cc1cccc(CN2CCN(C(=O)Cn3cnc4c(oc5ccccc54)c3=O)CC2)c1. The number of rotatable bonds is 4.